The molecule has 0 unspecified atom stereocenters. The minimum atomic E-state index is -0.466. The Balaban J connectivity index is 1.67. The van der Waals surface area contributed by atoms with Crippen LogP contribution in [-0.2, 0) is 0 Å². The van der Waals surface area contributed by atoms with Crippen LogP contribution in [0.2, 0.25) is 0 Å². The predicted molar refractivity (Wildman–Crippen MR) is 100 cm³/mol. The molecular formula is C18H12BrN3O4. The normalized spacial score (nSPS) is 10.8. The number of amides is 1. The third kappa shape index (κ3) is 4.22. The van der Waals surface area contributed by atoms with Crippen LogP contribution >= 0.6 is 15.9 Å². The smallest absolute Gasteiger partial charge is 0.271 e. The number of hydrogen-bond donors (Lipinski definition) is 1. The van der Waals surface area contributed by atoms with Crippen molar-refractivity contribution in [3.63, 3.8) is 0 Å². The summed E-state index contributed by atoms with van der Waals surface area (Å²) in [7, 11) is 0. The van der Waals surface area contributed by atoms with Crippen molar-refractivity contribution < 1.29 is 14.1 Å². The van der Waals surface area contributed by atoms with Crippen LogP contribution < -0.4 is 5.43 Å². The Morgan fingerprint density at radius 1 is 1.15 bits per heavy atom. The molecule has 26 heavy (non-hydrogen) atoms. The van der Waals surface area contributed by atoms with E-state index in [9.17, 15) is 14.9 Å². The molecule has 3 rings (SSSR count). The van der Waals surface area contributed by atoms with E-state index in [0.29, 0.717) is 22.6 Å². The van der Waals surface area contributed by atoms with Crippen molar-refractivity contribution >= 4 is 33.7 Å². The summed E-state index contributed by atoms with van der Waals surface area (Å²) < 4.78 is 6.45. The molecule has 0 aliphatic carbocycles. The zero-order valence-corrected chi connectivity index (χ0v) is 14.8. The molecule has 1 amide bonds. The molecule has 1 N–H and O–H groups in total. The fourth-order valence-corrected chi connectivity index (χ4v) is 2.43. The summed E-state index contributed by atoms with van der Waals surface area (Å²) in [5.74, 6) is 0.524. The molecule has 0 atom stereocenters. The van der Waals surface area contributed by atoms with Gasteiger partial charge in [0.05, 0.1) is 11.1 Å². The molecule has 7 nitrogen and oxygen atoms in total. The maximum atomic E-state index is 11.9. The molecule has 0 saturated carbocycles. The van der Waals surface area contributed by atoms with Gasteiger partial charge in [-0.15, -0.1) is 0 Å². The number of nitrogens with zero attached hydrogens (tertiary/aromatic N) is 2. The van der Waals surface area contributed by atoms with Gasteiger partial charge < -0.3 is 4.42 Å². The maximum Gasteiger partial charge on any atom is 0.271 e. The van der Waals surface area contributed by atoms with Crippen LogP contribution in [0.1, 0.15) is 16.1 Å². The van der Waals surface area contributed by atoms with Gasteiger partial charge in [0.2, 0.25) is 0 Å². The summed E-state index contributed by atoms with van der Waals surface area (Å²) in [5.41, 5.74) is 3.44. The Morgan fingerprint density at radius 3 is 2.65 bits per heavy atom. The third-order valence-electron chi connectivity index (χ3n) is 3.43. The summed E-state index contributed by atoms with van der Waals surface area (Å²) in [6, 6.07) is 16.3. The van der Waals surface area contributed by atoms with Gasteiger partial charge in [-0.2, -0.15) is 5.10 Å². The average molecular weight is 414 g/mol. The minimum absolute atomic E-state index is 0.0177. The summed E-state index contributed by atoms with van der Waals surface area (Å²) in [6.45, 7) is 0. The van der Waals surface area contributed by atoms with Gasteiger partial charge in [-0.3, -0.25) is 14.9 Å². The van der Waals surface area contributed by atoms with Gasteiger partial charge in [0.25, 0.3) is 11.6 Å². The number of halogens is 1. The first-order valence-electron chi connectivity index (χ1n) is 7.46. The molecule has 0 aliphatic rings. The van der Waals surface area contributed by atoms with Gasteiger partial charge in [-0.25, -0.2) is 5.43 Å². The largest absolute Gasteiger partial charge is 0.455 e. The highest BCUT2D eigenvalue weighted by molar-refractivity contribution is 9.10. The number of nitrogens with one attached hydrogen (secondary N) is 1. The Morgan fingerprint density at radius 2 is 1.92 bits per heavy atom. The first-order valence-corrected chi connectivity index (χ1v) is 8.26. The molecule has 2 aromatic carbocycles. The SMILES string of the molecule is O=C(N/N=C/c1ccc(-c2cccc([N+](=O)[O-])c2)o1)c1ccc(Br)cc1. The van der Waals surface area contributed by atoms with Crippen molar-refractivity contribution in [1.29, 1.82) is 0 Å². The number of hydrogen-bond acceptors (Lipinski definition) is 5. The van der Waals surface area contributed by atoms with Crippen molar-refractivity contribution in [3.8, 4) is 11.3 Å². The number of carbonyl (C=O) groups excluding carboxylic acids is 1. The minimum Gasteiger partial charge on any atom is -0.455 e. The molecule has 0 radical (unpaired) electrons. The standard InChI is InChI=1S/C18H12BrN3O4/c19-14-6-4-12(5-7-14)18(23)21-20-11-16-8-9-17(26-16)13-2-1-3-15(10-13)22(24)25/h1-11H,(H,21,23)/b20-11+. The van der Waals surface area contributed by atoms with E-state index in [1.54, 1.807) is 48.5 Å². The van der Waals surface area contributed by atoms with E-state index in [-0.39, 0.29) is 11.6 Å². The molecule has 0 bridgehead atoms. The molecule has 1 heterocycles. The Kier molecular flexibility index (Phi) is 5.23. The Labute approximate surface area is 156 Å². The van der Waals surface area contributed by atoms with Gasteiger partial charge >= 0.3 is 0 Å². The molecule has 130 valence electrons. The van der Waals surface area contributed by atoms with E-state index < -0.39 is 4.92 Å². The van der Waals surface area contributed by atoms with E-state index in [0.717, 1.165) is 4.47 Å². The van der Waals surface area contributed by atoms with Crippen molar-refractivity contribution in [3.05, 3.63) is 86.6 Å². The molecule has 0 fully saturated rings. The molecule has 1 aromatic heterocycles. The van der Waals surface area contributed by atoms with Crippen LogP contribution in [0.4, 0.5) is 5.69 Å². The molecule has 3 aromatic rings. The fraction of sp³-hybridized carbons (Fsp3) is 0. The molecule has 0 spiro atoms. The van der Waals surface area contributed by atoms with Gasteiger partial charge in [0, 0.05) is 27.7 Å². The zero-order valence-electron chi connectivity index (χ0n) is 13.3. The maximum absolute atomic E-state index is 11.9. The summed E-state index contributed by atoms with van der Waals surface area (Å²) in [4.78, 5) is 22.3. The quantitative estimate of drug-likeness (QED) is 0.381. The van der Waals surface area contributed by atoms with Crippen molar-refractivity contribution in [2.75, 3.05) is 0 Å². The summed E-state index contributed by atoms with van der Waals surface area (Å²) in [5, 5.41) is 14.7. The molecule has 0 saturated heterocycles. The van der Waals surface area contributed by atoms with E-state index >= 15 is 0 Å². The first kappa shape index (κ1) is 17.6. The van der Waals surface area contributed by atoms with Gasteiger partial charge in [0.1, 0.15) is 11.5 Å². The number of carbonyl (C=O) groups is 1. The second-order valence-electron chi connectivity index (χ2n) is 5.22. The second-order valence-corrected chi connectivity index (χ2v) is 6.13. The lowest BCUT2D eigenvalue weighted by atomic mass is 10.1. The predicted octanol–water partition coefficient (Wildman–Crippen LogP) is 4.38. The van der Waals surface area contributed by atoms with Crippen LogP contribution in [0.3, 0.4) is 0 Å². The Bertz CT molecular complexity index is 980. The highest BCUT2D eigenvalue weighted by atomic mass is 79.9. The summed E-state index contributed by atoms with van der Waals surface area (Å²) >= 11 is 3.30. The number of nitro groups is 1. The first-order chi connectivity index (χ1) is 12.5. The number of benzene rings is 2. The van der Waals surface area contributed by atoms with Crippen LogP contribution in [-0.4, -0.2) is 17.0 Å². The fourth-order valence-electron chi connectivity index (χ4n) is 2.17. The number of non-ortho nitro benzene ring substituents is 1. The Hall–Kier alpha value is -3.26. The van der Waals surface area contributed by atoms with Crippen LogP contribution in [0.5, 0.6) is 0 Å². The van der Waals surface area contributed by atoms with Crippen LogP contribution in [0.25, 0.3) is 11.3 Å². The van der Waals surface area contributed by atoms with Gasteiger partial charge in [0.15, 0.2) is 0 Å². The van der Waals surface area contributed by atoms with Crippen molar-refractivity contribution in [2.24, 2.45) is 5.10 Å². The van der Waals surface area contributed by atoms with Crippen molar-refractivity contribution in [2.45, 2.75) is 0 Å². The van der Waals surface area contributed by atoms with Crippen molar-refractivity contribution in [1.82, 2.24) is 5.43 Å². The molecule has 0 aliphatic heterocycles. The highest BCUT2D eigenvalue weighted by Gasteiger charge is 2.10. The van der Waals surface area contributed by atoms with E-state index in [2.05, 4.69) is 26.5 Å². The third-order valence-corrected chi connectivity index (χ3v) is 3.96. The van der Waals surface area contributed by atoms with E-state index in [4.69, 9.17) is 4.42 Å². The summed E-state index contributed by atoms with van der Waals surface area (Å²) in [6.07, 6.45) is 1.36. The number of nitro benzene ring substituents is 1. The highest BCUT2D eigenvalue weighted by Crippen LogP contribution is 2.25. The lowest BCUT2D eigenvalue weighted by Gasteiger charge is -1.99. The van der Waals surface area contributed by atoms with Crippen LogP contribution in [0.15, 0.2) is 74.7 Å². The average Bonchev–Trinajstić information content (AvgIpc) is 3.11. The molecular weight excluding hydrogens is 402 g/mol. The lowest BCUT2D eigenvalue weighted by molar-refractivity contribution is -0.384. The van der Waals surface area contributed by atoms with Gasteiger partial charge in [-0.1, -0.05) is 28.1 Å². The topological polar surface area (TPSA) is 97.7 Å². The van der Waals surface area contributed by atoms with Gasteiger partial charge in [-0.05, 0) is 36.4 Å². The van der Waals surface area contributed by atoms with E-state index in [1.807, 2.05) is 0 Å². The zero-order chi connectivity index (χ0) is 18.5. The van der Waals surface area contributed by atoms with Crippen LogP contribution in [0, 0.1) is 10.1 Å². The number of hydrazone groups is 1. The molecule has 8 heteroatoms. The number of furan rings is 1. The second kappa shape index (κ2) is 7.75. The number of rotatable bonds is 5. The van der Waals surface area contributed by atoms with E-state index in [1.165, 1.54) is 18.3 Å². The monoisotopic (exact) mass is 413 g/mol. The lowest BCUT2D eigenvalue weighted by Crippen LogP contribution is -2.17.